The minimum Gasteiger partial charge on any atom is -0.373 e. The van der Waals surface area contributed by atoms with Gasteiger partial charge in [-0.2, -0.15) is 0 Å². The molecule has 7 aromatic carbocycles. The average Bonchev–Trinajstić information content (AvgIpc) is 3.37. The summed E-state index contributed by atoms with van der Waals surface area (Å²) in [5.74, 6) is 0. The molecule has 0 radical (unpaired) electrons. The third-order valence-corrected chi connectivity index (χ3v) is 12.4. The van der Waals surface area contributed by atoms with E-state index < -0.39 is 0 Å². The van der Waals surface area contributed by atoms with Gasteiger partial charge in [-0.25, -0.2) is 4.98 Å². The lowest BCUT2D eigenvalue weighted by Gasteiger charge is -2.36. The first-order valence-electron chi connectivity index (χ1n) is 21.7. The second-order valence-corrected chi connectivity index (χ2v) is 16.2. The number of nitrogens with one attached hydrogen (secondary N) is 2. The summed E-state index contributed by atoms with van der Waals surface area (Å²) in [6.07, 6.45) is 13.4. The average molecular weight is 796 g/mol. The highest BCUT2D eigenvalue weighted by Crippen LogP contribution is 2.50. The number of nitrogens with zero attached hydrogens (tertiary/aromatic N) is 1. The Labute approximate surface area is 363 Å². The van der Waals surface area contributed by atoms with Crippen LogP contribution in [0.2, 0.25) is 0 Å². The summed E-state index contributed by atoms with van der Waals surface area (Å²) >= 11 is 0. The molecule has 8 aromatic rings. The summed E-state index contributed by atoms with van der Waals surface area (Å²) in [5.41, 5.74) is 19.8. The maximum Gasteiger partial charge on any atom is 0.0947 e. The summed E-state index contributed by atoms with van der Waals surface area (Å²) in [4.78, 5) is 5.19. The maximum absolute atomic E-state index is 5.19. The Hall–Kier alpha value is -7.75. The maximum atomic E-state index is 5.19. The fourth-order valence-corrected chi connectivity index (χ4v) is 9.31. The zero-order valence-electron chi connectivity index (χ0n) is 34.4. The van der Waals surface area contributed by atoms with Gasteiger partial charge in [-0.3, -0.25) is 0 Å². The molecule has 0 spiro atoms. The van der Waals surface area contributed by atoms with E-state index in [0.29, 0.717) is 0 Å². The third kappa shape index (κ3) is 7.08. The van der Waals surface area contributed by atoms with Crippen LogP contribution in [0.4, 0.5) is 5.69 Å². The van der Waals surface area contributed by atoms with Crippen molar-refractivity contribution >= 4 is 50.7 Å². The van der Waals surface area contributed by atoms with Crippen LogP contribution in [0.1, 0.15) is 69.6 Å². The normalized spacial score (nSPS) is 17.0. The summed E-state index contributed by atoms with van der Waals surface area (Å²) < 4.78 is 0. The zero-order chi connectivity index (χ0) is 41.2. The Kier molecular flexibility index (Phi) is 9.84. The minimum atomic E-state index is -0.0832. The summed E-state index contributed by atoms with van der Waals surface area (Å²) in [7, 11) is 0. The highest BCUT2D eigenvalue weighted by Gasteiger charge is 2.33. The van der Waals surface area contributed by atoms with E-state index in [-0.39, 0.29) is 12.1 Å². The molecule has 2 aliphatic heterocycles. The molecular formula is C59H45N3. The van der Waals surface area contributed by atoms with Gasteiger partial charge in [0.15, 0.2) is 0 Å². The number of aromatic nitrogens is 1. The number of anilines is 1. The molecule has 1 aliphatic carbocycles. The van der Waals surface area contributed by atoms with E-state index in [1.807, 2.05) is 0 Å². The van der Waals surface area contributed by atoms with Crippen molar-refractivity contribution in [1.29, 1.82) is 0 Å². The van der Waals surface area contributed by atoms with Crippen molar-refractivity contribution in [2.24, 2.45) is 0 Å². The smallest absolute Gasteiger partial charge is 0.0947 e. The van der Waals surface area contributed by atoms with Crippen LogP contribution in [0.15, 0.2) is 218 Å². The van der Waals surface area contributed by atoms with E-state index >= 15 is 0 Å². The van der Waals surface area contributed by atoms with Crippen LogP contribution in [0.5, 0.6) is 0 Å². The molecule has 62 heavy (non-hydrogen) atoms. The van der Waals surface area contributed by atoms with Crippen LogP contribution < -0.4 is 10.6 Å². The van der Waals surface area contributed by atoms with Gasteiger partial charge < -0.3 is 10.6 Å². The molecule has 0 bridgehead atoms. The zero-order valence-corrected chi connectivity index (χ0v) is 34.4. The predicted octanol–water partition coefficient (Wildman–Crippen LogP) is 14.6. The van der Waals surface area contributed by atoms with Crippen molar-refractivity contribution in [2.45, 2.75) is 24.9 Å². The van der Waals surface area contributed by atoms with Crippen LogP contribution in [-0.2, 0) is 0 Å². The number of fused-ring (bicyclic) bond motifs is 3. The van der Waals surface area contributed by atoms with E-state index in [9.17, 15) is 0 Å². The van der Waals surface area contributed by atoms with E-state index in [4.69, 9.17) is 4.98 Å². The standard InChI is InChI=1S/C59H45N3/c1-6-16-42(17-7-1)51-38-36-49-34-35-50-37-39-52(61-59(50)58(49)60-51)43-30-26-40(27-31-43)41-28-32-46(33-29-41)53-54(44-18-8-2-9-19-44)56(47-22-12-4-13-23-47)62-57(48-24-14-5-15-25-48)55(53)45-20-10-3-11-21-45/h2-6,8-39,52,56,61-62H,1,7H2. The second kappa shape index (κ2) is 16.4. The Morgan fingerprint density at radius 3 is 1.73 bits per heavy atom. The first kappa shape index (κ1) is 37.3. The summed E-state index contributed by atoms with van der Waals surface area (Å²) in [5, 5.41) is 9.08. The molecule has 0 amide bonds. The molecule has 3 aliphatic rings. The number of dihydropyridines is 1. The third-order valence-electron chi connectivity index (χ3n) is 12.4. The predicted molar refractivity (Wildman–Crippen MR) is 261 cm³/mol. The quantitative estimate of drug-likeness (QED) is 0.161. The molecule has 3 heteroatoms. The monoisotopic (exact) mass is 795 g/mol. The van der Waals surface area contributed by atoms with Gasteiger partial charge in [0.2, 0.25) is 0 Å². The van der Waals surface area contributed by atoms with Gasteiger partial charge in [0.1, 0.15) is 0 Å². The molecule has 0 fully saturated rings. The molecule has 2 atom stereocenters. The van der Waals surface area contributed by atoms with Gasteiger partial charge in [-0.05, 0) is 85.7 Å². The highest BCUT2D eigenvalue weighted by molar-refractivity contribution is 6.24. The molecular weight excluding hydrogens is 751 g/mol. The van der Waals surface area contributed by atoms with Crippen molar-refractivity contribution in [1.82, 2.24) is 10.3 Å². The molecule has 1 aromatic heterocycles. The van der Waals surface area contributed by atoms with Crippen molar-refractivity contribution < 1.29 is 0 Å². The van der Waals surface area contributed by atoms with Crippen LogP contribution in [0.3, 0.4) is 0 Å². The molecule has 2 unspecified atom stereocenters. The summed E-state index contributed by atoms with van der Waals surface area (Å²) in [6, 6.07) is 70.2. The Morgan fingerprint density at radius 1 is 0.452 bits per heavy atom. The molecule has 3 nitrogen and oxygen atoms in total. The Morgan fingerprint density at radius 2 is 1.05 bits per heavy atom. The van der Waals surface area contributed by atoms with Crippen LogP contribution in [-0.4, -0.2) is 4.98 Å². The molecule has 11 rings (SSSR count). The first-order valence-corrected chi connectivity index (χ1v) is 21.7. The van der Waals surface area contributed by atoms with Crippen molar-refractivity contribution in [2.75, 3.05) is 5.32 Å². The van der Waals surface area contributed by atoms with Gasteiger partial charge in [-0.15, -0.1) is 0 Å². The van der Waals surface area contributed by atoms with Crippen LogP contribution in [0, 0.1) is 0 Å². The first-order chi connectivity index (χ1) is 30.7. The van der Waals surface area contributed by atoms with Gasteiger partial charge in [0, 0.05) is 11.0 Å². The number of benzene rings is 7. The number of pyridine rings is 1. The van der Waals surface area contributed by atoms with Gasteiger partial charge >= 0.3 is 0 Å². The fourth-order valence-electron chi connectivity index (χ4n) is 9.31. The molecule has 296 valence electrons. The number of hydrogen-bond donors (Lipinski definition) is 2. The highest BCUT2D eigenvalue weighted by atomic mass is 15.0. The number of allylic oxidation sites excluding steroid dienone is 6. The van der Waals surface area contributed by atoms with Crippen LogP contribution >= 0.6 is 0 Å². The minimum absolute atomic E-state index is 0.0339. The van der Waals surface area contributed by atoms with Gasteiger partial charge in [0.25, 0.3) is 0 Å². The van der Waals surface area contributed by atoms with Gasteiger partial charge in [0.05, 0.1) is 34.7 Å². The largest absolute Gasteiger partial charge is 0.373 e. The van der Waals surface area contributed by atoms with Crippen LogP contribution in [0.25, 0.3) is 56.1 Å². The van der Waals surface area contributed by atoms with Crippen molar-refractivity contribution in [3.63, 3.8) is 0 Å². The lowest BCUT2D eigenvalue weighted by molar-refractivity contribution is 0.787. The van der Waals surface area contributed by atoms with E-state index in [2.05, 4.69) is 235 Å². The van der Waals surface area contributed by atoms with Crippen molar-refractivity contribution in [3.8, 4) is 11.1 Å². The van der Waals surface area contributed by atoms with E-state index in [1.54, 1.807) is 0 Å². The Bertz CT molecular complexity index is 3070. The van der Waals surface area contributed by atoms with Crippen molar-refractivity contribution in [3.05, 3.63) is 263 Å². The Balaban J connectivity index is 0.969. The van der Waals surface area contributed by atoms with E-state index in [1.165, 1.54) is 66.8 Å². The summed E-state index contributed by atoms with van der Waals surface area (Å²) in [6.45, 7) is 0. The fraction of sp³-hybridized carbons (Fsp3) is 0.0678. The van der Waals surface area contributed by atoms with Gasteiger partial charge in [-0.1, -0.05) is 218 Å². The number of hydrogen-bond acceptors (Lipinski definition) is 3. The second-order valence-electron chi connectivity index (χ2n) is 16.2. The van der Waals surface area contributed by atoms with E-state index in [0.717, 1.165) is 46.4 Å². The molecule has 2 N–H and O–H groups in total. The number of rotatable bonds is 8. The lowest BCUT2D eigenvalue weighted by Crippen LogP contribution is -2.27. The molecule has 0 saturated carbocycles. The topological polar surface area (TPSA) is 37.0 Å². The molecule has 0 saturated heterocycles. The molecule has 3 heterocycles. The SMILES string of the molecule is C1=CC(c2ccc3ccc4c(c3n2)NC(c2ccc(-c3ccc(C5=C(c6ccccc6)C(c6ccccc6)NC(c6ccccc6)=C5c5ccccc5)cc3)cc2)C=C4)=CCC1. The lowest BCUT2D eigenvalue weighted by atomic mass is 9.77.